The number of rotatable bonds is 3. The van der Waals surface area contributed by atoms with Crippen LogP contribution in [0.4, 0.5) is 0 Å². The highest BCUT2D eigenvalue weighted by molar-refractivity contribution is 6.74. The van der Waals surface area contributed by atoms with Crippen molar-refractivity contribution in [2.45, 2.75) is 38.9 Å². The lowest BCUT2D eigenvalue weighted by Crippen LogP contribution is -2.42. The molecule has 0 saturated heterocycles. The van der Waals surface area contributed by atoms with Crippen molar-refractivity contribution in [2.75, 3.05) is 19.8 Å². The topological polar surface area (TPSA) is 18.5 Å². The van der Waals surface area contributed by atoms with E-state index in [0.29, 0.717) is 11.0 Å². The van der Waals surface area contributed by atoms with Crippen molar-refractivity contribution in [2.24, 2.45) is 5.92 Å². The predicted octanol–water partition coefficient (Wildman–Crippen LogP) is 3.21. The second-order valence-corrected chi connectivity index (χ2v) is 10.6. The van der Waals surface area contributed by atoms with Crippen LogP contribution in [-0.2, 0) is 9.16 Å². The van der Waals surface area contributed by atoms with Gasteiger partial charge in [-0.25, -0.2) is 0 Å². The highest BCUT2D eigenvalue weighted by atomic mass is 28.4. The fraction of sp³-hybridized carbons (Fsp3) is 0.833. The summed E-state index contributed by atoms with van der Waals surface area (Å²) in [6, 6.07) is 0. The van der Waals surface area contributed by atoms with Crippen LogP contribution in [0, 0.1) is 5.92 Å². The quantitative estimate of drug-likeness (QED) is 0.545. The summed E-state index contributed by atoms with van der Waals surface area (Å²) in [4.78, 5) is 0. The van der Waals surface area contributed by atoms with Crippen LogP contribution in [0.1, 0.15) is 20.8 Å². The van der Waals surface area contributed by atoms with Crippen LogP contribution in [0.5, 0.6) is 0 Å². The molecule has 0 bridgehead atoms. The van der Waals surface area contributed by atoms with Gasteiger partial charge in [0.25, 0.3) is 0 Å². The maximum Gasteiger partial charge on any atom is 0.192 e. The Morgan fingerprint density at radius 3 is 2.53 bits per heavy atom. The molecule has 1 heterocycles. The summed E-state index contributed by atoms with van der Waals surface area (Å²) in [6.07, 6.45) is 4.31. The zero-order valence-corrected chi connectivity index (χ0v) is 11.7. The molecule has 0 spiro atoms. The van der Waals surface area contributed by atoms with E-state index in [-0.39, 0.29) is 0 Å². The third-order valence-electron chi connectivity index (χ3n) is 3.42. The Kier molecular flexibility index (Phi) is 4.15. The number of hydrogen-bond acceptors (Lipinski definition) is 2. The normalized spacial score (nSPS) is 23.1. The standard InChI is InChI=1S/C12H24O2Si/c1-12(2,3)15(4,5)14-10-11-7-6-8-13-9-11/h6-7,11H,8-10H2,1-5H3. The first kappa shape index (κ1) is 12.9. The summed E-state index contributed by atoms with van der Waals surface area (Å²) in [5.41, 5.74) is 0. The molecule has 0 amide bonds. The average molecular weight is 228 g/mol. The molecule has 0 aliphatic carbocycles. The second kappa shape index (κ2) is 4.81. The van der Waals surface area contributed by atoms with Crippen molar-refractivity contribution < 1.29 is 9.16 Å². The van der Waals surface area contributed by atoms with Gasteiger partial charge in [-0.15, -0.1) is 0 Å². The van der Waals surface area contributed by atoms with Gasteiger partial charge in [-0.05, 0) is 18.1 Å². The summed E-state index contributed by atoms with van der Waals surface area (Å²) in [7, 11) is -1.58. The minimum Gasteiger partial charge on any atom is -0.416 e. The maximum absolute atomic E-state index is 6.14. The van der Waals surface area contributed by atoms with E-state index < -0.39 is 8.32 Å². The zero-order valence-electron chi connectivity index (χ0n) is 10.7. The van der Waals surface area contributed by atoms with E-state index in [1.165, 1.54) is 0 Å². The Morgan fingerprint density at radius 1 is 1.40 bits per heavy atom. The minimum atomic E-state index is -1.58. The molecule has 0 N–H and O–H groups in total. The van der Waals surface area contributed by atoms with E-state index in [4.69, 9.17) is 9.16 Å². The minimum absolute atomic E-state index is 0.298. The third kappa shape index (κ3) is 3.74. The van der Waals surface area contributed by atoms with Gasteiger partial charge in [0.2, 0.25) is 0 Å². The van der Waals surface area contributed by atoms with Gasteiger partial charge in [0.15, 0.2) is 8.32 Å². The van der Waals surface area contributed by atoms with Crippen molar-refractivity contribution in [1.29, 1.82) is 0 Å². The molecule has 88 valence electrons. The van der Waals surface area contributed by atoms with Crippen LogP contribution in [0.25, 0.3) is 0 Å². The monoisotopic (exact) mass is 228 g/mol. The van der Waals surface area contributed by atoms with Gasteiger partial charge in [0, 0.05) is 12.5 Å². The van der Waals surface area contributed by atoms with Crippen molar-refractivity contribution in [3.05, 3.63) is 12.2 Å². The van der Waals surface area contributed by atoms with Gasteiger partial charge in [-0.3, -0.25) is 0 Å². The Labute approximate surface area is 94.8 Å². The number of hydrogen-bond donors (Lipinski definition) is 0. The molecule has 1 aliphatic rings. The highest BCUT2D eigenvalue weighted by Gasteiger charge is 2.37. The van der Waals surface area contributed by atoms with Crippen molar-refractivity contribution in [3.8, 4) is 0 Å². The Balaban J connectivity index is 2.42. The Morgan fingerprint density at radius 2 is 2.07 bits per heavy atom. The first-order valence-corrected chi connectivity index (χ1v) is 8.62. The first-order valence-electron chi connectivity index (χ1n) is 5.71. The van der Waals surface area contributed by atoms with E-state index in [1.807, 2.05) is 0 Å². The SMILES string of the molecule is CC(C)(C)[Si](C)(C)OCC1C=CCOC1. The largest absolute Gasteiger partial charge is 0.416 e. The molecule has 0 fully saturated rings. The lowest BCUT2D eigenvalue weighted by molar-refractivity contribution is 0.0996. The van der Waals surface area contributed by atoms with Crippen LogP contribution in [0.3, 0.4) is 0 Å². The van der Waals surface area contributed by atoms with Gasteiger partial charge in [0.05, 0.1) is 13.2 Å². The molecule has 0 aromatic rings. The third-order valence-corrected chi connectivity index (χ3v) is 7.92. The maximum atomic E-state index is 6.14. The molecule has 2 nitrogen and oxygen atoms in total. The van der Waals surface area contributed by atoms with Crippen LogP contribution < -0.4 is 0 Å². The van der Waals surface area contributed by atoms with Gasteiger partial charge in [0.1, 0.15) is 0 Å². The zero-order chi connectivity index (χ0) is 11.5. The predicted molar refractivity (Wildman–Crippen MR) is 66.6 cm³/mol. The van der Waals surface area contributed by atoms with Crippen molar-refractivity contribution in [3.63, 3.8) is 0 Å². The van der Waals surface area contributed by atoms with Crippen LogP contribution >= 0.6 is 0 Å². The van der Waals surface area contributed by atoms with E-state index in [9.17, 15) is 0 Å². The van der Waals surface area contributed by atoms with Gasteiger partial charge in [-0.1, -0.05) is 32.9 Å². The molecule has 0 radical (unpaired) electrons. The molecule has 1 atom stereocenters. The summed E-state index contributed by atoms with van der Waals surface area (Å²) >= 11 is 0. The lowest BCUT2D eigenvalue weighted by Gasteiger charge is -2.37. The molecular weight excluding hydrogens is 204 g/mol. The smallest absolute Gasteiger partial charge is 0.192 e. The molecule has 3 heteroatoms. The van der Waals surface area contributed by atoms with Crippen LogP contribution in [-0.4, -0.2) is 28.1 Å². The van der Waals surface area contributed by atoms with E-state index in [1.54, 1.807) is 0 Å². The van der Waals surface area contributed by atoms with E-state index >= 15 is 0 Å². The molecule has 0 aromatic carbocycles. The second-order valence-electron chi connectivity index (χ2n) is 5.80. The number of ether oxygens (including phenoxy) is 1. The van der Waals surface area contributed by atoms with E-state index in [2.05, 4.69) is 46.0 Å². The van der Waals surface area contributed by atoms with Gasteiger partial charge >= 0.3 is 0 Å². The van der Waals surface area contributed by atoms with Crippen molar-refractivity contribution in [1.82, 2.24) is 0 Å². The Hall–Kier alpha value is -0.123. The highest BCUT2D eigenvalue weighted by Crippen LogP contribution is 2.36. The van der Waals surface area contributed by atoms with Gasteiger partial charge in [-0.2, -0.15) is 0 Å². The molecule has 1 rings (SSSR count). The molecule has 0 aromatic heterocycles. The molecule has 1 aliphatic heterocycles. The van der Waals surface area contributed by atoms with Crippen LogP contribution in [0.2, 0.25) is 18.1 Å². The summed E-state index contributed by atoms with van der Waals surface area (Å²) < 4.78 is 11.5. The van der Waals surface area contributed by atoms with Crippen molar-refractivity contribution >= 4 is 8.32 Å². The van der Waals surface area contributed by atoms with Gasteiger partial charge < -0.3 is 9.16 Å². The molecular formula is C12H24O2Si. The van der Waals surface area contributed by atoms with Crippen LogP contribution in [0.15, 0.2) is 12.2 Å². The lowest BCUT2D eigenvalue weighted by atomic mass is 10.1. The average Bonchev–Trinajstić information content (AvgIpc) is 2.15. The summed E-state index contributed by atoms with van der Waals surface area (Å²) in [5.74, 6) is 0.452. The molecule has 0 saturated carbocycles. The Bertz CT molecular complexity index is 228. The summed E-state index contributed by atoms with van der Waals surface area (Å²) in [6.45, 7) is 13.8. The van der Waals surface area contributed by atoms with E-state index in [0.717, 1.165) is 19.8 Å². The summed E-state index contributed by atoms with van der Waals surface area (Å²) in [5, 5.41) is 0.298. The fourth-order valence-electron chi connectivity index (χ4n) is 1.23. The molecule has 15 heavy (non-hydrogen) atoms. The fourth-order valence-corrected chi connectivity index (χ4v) is 2.29. The first-order chi connectivity index (χ1) is 6.83. The molecule has 1 unspecified atom stereocenters.